The highest BCUT2D eigenvalue weighted by Gasteiger charge is 2.41. The van der Waals surface area contributed by atoms with Gasteiger partial charge in [0.1, 0.15) is 11.6 Å². The number of nitrogens with zero attached hydrogens (tertiary/aromatic N) is 3. The molecular weight excluding hydrogens is 581 g/mol. The number of hydrogen-bond acceptors (Lipinski definition) is 4. The molecule has 1 aromatic heterocycles. The van der Waals surface area contributed by atoms with Gasteiger partial charge in [-0.3, -0.25) is 9.59 Å². The topological polar surface area (TPSA) is 65.5 Å². The van der Waals surface area contributed by atoms with E-state index in [1.165, 1.54) is 45.3 Å². The zero-order valence-electron chi connectivity index (χ0n) is 23.8. The lowest BCUT2D eigenvalue weighted by Crippen LogP contribution is -2.42. The average molecular weight is 611 g/mol. The van der Waals surface area contributed by atoms with Crippen LogP contribution in [0.15, 0.2) is 48.7 Å². The summed E-state index contributed by atoms with van der Waals surface area (Å²) in [5.74, 6) is -0.957. The molecule has 2 aromatic carbocycles. The average Bonchev–Trinajstić information content (AvgIpc) is 3.15. The van der Waals surface area contributed by atoms with Crippen molar-refractivity contribution in [3.8, 4) is 11.1 Å². The normalized spacial score (nSPS) is 14.8. The summed E-state index contributed by atoms with van der Waals surface area (Å²) in [6, 6.07) is 6.79. The van der Waals surface area contributed by atoms with Gasteiger partial charge in [-0.25, -0.2) is 9.37 Å². The van der Waals surface area contributed by atoms with Crippen molar-refractivity contribution in [1.29, 1.82) is 0 Å². The molecule has 0 aliphatic carbocycles. The Morgan fingerprint density at radius 1 is 0.907 bits per heavy atom. The minimum Gasteiger partial charge on any atom is -0.354 e. The van der Waals surface area contributed by atoms with Crippen molar-refractivity contribution in [2.75, 3.05) is 36.5 Å². The van der Waals surface area contributed by atoms with Crippen LogP contribution in [0.3, 0.4) is 0 Å². The molecule has 43 heavy (non-hydrogen) atoms. The number of hydrogen-bond donors (Lipinski definition) is 1. The van der Waals surface area contributed by atoms with Crippen molar-refractivity contribution in [2.24, 2.45) is 0 Å². The smallest absolute Gasteiger partial charge is 0.354 e. The first-order chi connectivity index (χ1) is 19.9. The zero-order valence-corrected chi connectivity index (χ0v) is 23.8. The lowest BCUT2D eigenvalue weighted by Gasteiger charge is -2.32. The second-order valence-corrected chi connectivity index (χ2v) is 10.9. The van der Waals surface area contributed by atoms with Gasteiger partial charge in [0, 0.05) is 38.7 Å². The Balaban J connectivity index is 1.82. The maximum absolute atomic E-state index is 14.0. The van der Waals surface area contributed by atoms with Crippen molar-refractivity contribution in [1.82, 2.24) is 10.3 Å². The van der Waals surface area contributed by atoms with E-state index in [4.69, 9.17) is 0 Å². The molecule has 1 aliphatic rings. The van der Waals surface area contributed by atoms with Crippen LogP contribution >= 0.6 is 0 Å². The van der Waals surface area contributed by atoms with E-state index >= 15 is 0 Å². The lowest BCUT2D eigenvalue weighted by atomic mass is 9.81. The number of aromatic nitrogens is 1. The van der Waals surface area contributed by atoms with Gasteiger partial charge in [0.05, 0.1) is 28.4 Å². The van der Waals surface area contributed by atoms with Crippen molar-refractivity contribution >= 4 is 23.3 Å². The van der Waals surface area contributed by atoms with E-state index in [0.29, 0.717) is 54.3 Å². The van der Waals surface area contributed by atoms with E-state index in [-0.39, 0.29) is 24.1 Å². The van der Waals surface area contributed by atoms with Crippen molar-refractivity contribution in [3.63, 3.8) is 0 Å². The summed E-state index contributed by atoms with van der Waals surface area (Å²) in [5, 5.41) is 2.77. The standard InChI is InChI=1S/C30H29F7N4O2/c1-17-11-21(31)5-6-22(17)23-15-25(41-9-7-26(42)38-8-10-41)39-16-24(23)40(4)27(43)28(2,3)18-12-19(29(32,33)34)14-20(13-18)30(35,36)37/h5-6,11-16H,7-10H2,1-4H3,(H,38,42). The molecule has 13 heteroatoms. The highest BCUT2D eigenvalue weighted by Crippen LogP contribution is 2.41. The molecule has 0 spiro atoms. The highest BCUT2D eigenvalue weighted by molar-refractivity contribution is 6.03. The van der Waals surface area contributed by atoms with Crippen LogP contribution in [0, 0.1) is 12.7 Å². The largest absolute Gasteiger partial charge is 0.416 e. The van der Waals surface area contributed by atoms with E-state index in [1.807, 2.05) is 4.90 Å². The number of carbonyl (C=O) groups excluding carboxylic acids is 2. The summed E-state index contributed by atoms with van der Waals surface area (Å²) in [6.07, 6.45) is -8.57. The first-order valence-corrected chi connectivity index (χ1v) is 13.3. The van der Waals surface area contributed by atoms with Gasteiger partial charge in [-0.2, -0.15) is 26.3 Å². The van der Waals surface area contributed by atoms with Gasteiger partial charge in [0.25, 0.3) is 0 Å². The zero-order chi connectivity index (χ0) is 31.9. The molecule has 6 nitrogen and oxygen atoms in total. The third kappa shape index (κ3) is 6.75. The molecule has 0 radical (unpaired) electrons. The molecular formula is C30H29F7N4O2. The molecule has 0 saturated carbocycles. The van der Waals surface area contributed by atoms with Gasteiger partial charge in [0.15, 0.2) is 0 Å². The molecule has 1 saturated heterocycles. The first kappa shape index (κ1) is 31.8. The Morgan fingerprint density at radius 3 is 2.09 bits per heavy atom. The number of carbonyl (C=O) groups is 2. The summed E-state index contributed by atoms with van der Waals surface area (Å²) >= 11 is 0. The fourth-order valence-electron chi connectivity index (χ4n) is 4.99. The van der Waals surface area contributed by atoms with E-state index in [9.17, 15) is 40.3 Å². The number of rotatable bonds is 5. The van der Waals surface area contributed by atoms with Crippen LogP contribution in [0.1, 0.15) is 42.5 Å². The van der Waals surface area contributed by atoms with E-state index < -0.39 is 46.2 Å². The Bertz CT molecular complexity index is 1520. The minimum atomic E-state index is -5.08. The predicted octanol–water partition coefficient (Wildman–Crippen LogP) is 6.50. The van der Waals surface area contributed by atoms with Crippen molar-refractivity contribution in [3.05, 3.63) is 76.7 Å². The summed E-state index contributed by atoms with van der Waals surface area (Å²) in [7, 11) is 1.34. The third-order valence-corrected chi connectivity index (χ3v) is 7.49. The summed E-state index contributed by atoms with van der Waals surface area (Å²) in [6.45, 7) is 5.32. The Morgan fingerprint density at radius 2 is 1.51 bits per heavy atom. The molecule has 2 amide bonds. The van der Waals surface area contributed by atoms with Crippen LogP contribution in [-0.2, 0) is 27.4 Å². The quantitative estimate of drug-likeness (QED) is 0.335. The highest BCUT2D eigenvalue weighted by atomic mass is 19.4. The maximum Gasteiger partial charge on any atom is 0.416 e. The van der Waals surface area contributed by atoms with Gasteiger partial charge < -0.3 is 15.1 Å². The molecule has 230 valence electrons. The molecule has 0 bridgehead atoms. The first-order valence-electron chi connectivity index (χ1n) is 13.3. The molecule has 1 fully saturated rings. The number of pyridine rings is 1. The Hall–Kier alpha value is -4.16. The molecule has 0 atom stereocenters. The molecule has 0 unspecified atom stereocenters. The number of amides is 2. The number of halogens is 7. The van der Waals surface area contributed by atoms with Gasteiger partial charge in [-0.1, -0.05) is 6.07 Å². The fraction of sp³-hybridized carbons (Fsp3) is 0.367. The predicted molar refractivity (Wildman–Crippen MR) is 147 cm³/mol. The maximum atomic E-state index is 14.0. The summed E-state index contributed by atoms with van der Waals surface area (Å²) in [4.78, 5) is 33.2. The van der Waals surface area contributed by atoms with Crippen LogP contribution in [0.5, 0.6) is 0 Å². The van der Waals surface area contributed by atoms with Gasteiger partial charge >= 0.3 is 12.4 Å². The van der Waals surface area contributed by atoms with Crippen LogP contribution in [0.2, 0.25) is 0 Å². The number of benzene rings is 2. The van der Waals surface area contributed by atoms with E-state index in [0.717, 1.165) is 4.90 Å². The van der Waals surface area contributed by atoms with Gasteiger partial charge in [-0.05, 0) is 73.9 Å². The summed E-state index contributed by atoms with van der Waals surface area (Å²) in [5.41, 5.74) is -3.71. The number of aryl methyl sites for hydroxylation is 1. The molecule has 1 aliphatic heterocycles. The number of likely N-dealkylation sites (N-methyl/N-ethyl adjacent to an activating group) is 1. The SMILES string of the molecule is Cc1cc(F)ccc1-c1cc(N2CCNC(=O)CC2)ncc1N(C)C(=O)C(C)(C)c1cc(C(F)(F)F)cc(C(F)(F)F)c1. The van der Waals surface area contributed by atoms with Crippen LogP contribution in [0.4, 0.5) is 42.2 Å². The minimum absolute atomic E-state index is 0.0117. The molecule has 1 N–H and O–H groups in total. The molecule has 4 rings (SSSR count). The Labute approximate surface area is 243 Å². The lowest BCUT2D eigenvalue weighted by molar-refractivity contribution is -0.143. The van der Waals surface area contributed by atoms with Crippen LogP contribution in [0.25, 0.3) is 11.1 Å². The van der Waals surface area contributed by atoms with Crippen LogP contribution < -0.4 is 15.1 Å². The third-order valence-electron chi connectivity index (χ3n) is 7.49. The van der Waals surface area contributed by atoms with E-state index in [1.54, 1.807) is 13.0 Å². The second kappa shape index (κ2) is 11.5. The second-order valence-electron chi connectivity index (χ2n) is 10.9. The van der Waals surface area contributed by atoms with Crippen LogP contribution in [-0.4, -0.2) is 43.5 Å². The van der Waals surface area contributed by atoms with Crippen molar-refractivity contribution < 1.29 is 40.3 Å². The van der Waals surface area contributed by atoms with Gasteiger partial charge in [0.2, 0.25) is 11.8 Å². The number of alkyl halides is 6. The Kier molecular flexibility index (Phi) is 8.49. The molecule has 2 heterocycles. The van der Waals surface area contributed by atoms with Gasteiger partial charge in [-0.15, -0.1) is 0 Å². The molecule has 3 aromatic rings. The summed E-state index contributed by atoms with van der Waals surface area (Å²) < 4.78 is 95.4. The number of anilines is 2. The fourth-order valence-corrected chi connectivity index (χ4v) is 4.99. The number of nitrogens with one attached hydrogen (secondary N) is 1. The van der Waals surface area contributed by atoms with E-state index in [2.05, 4.69) is 10.3 Å². The monoisotopic (exact) mass is 610 g/mol. The van der Waals surface area contributed by atoms with Crippen molar-refractivity contribution in [2.45, 2.75) is 45.0 Å².